The lowest BCUT2D eigenvalue weighted by molar-refractivity contribution is 0.402. The van der Waals surface area contributed by atoms with Gasteiger partial charge in [0.25, 0.3) is 0 Å². The number of fused-ring (bicyclic) bond motifs is 1. The minimum absolute atomic E-state index is 0. The van der Waals surface area contributed by atoms with E-state index >= 15 is 0 Å². The van der Waals surface area contributed by atoms with E-state index in [9.17, 15) is 0 Å². The van der Waals surface area contributed by atoms with Gasteiger partial charge in [-0.3, -0.25) is 0 Å². The summed E-state index contributed by atoms with van der Waals surface area (Å²) in [5.74, 6) is 1.72. The molecule has 0 aromatic rings. The highest BCUT2D eigenvalue weighted by Crippen LogP contribution is 2.45. The zero-order valence-corrected chi connectivity index (χ0v) is 7.81. The van der Waals surface area contributed by atoms with Crippen LogP contribution >= 0.6 is 0 Å². The van der Waals surface area contributed by atoms with Crippen molar-refractivity contribution in [2.45, 2.75) is 38.5 Å². The third kappa shape index (κ3) is 1.24. The Morgan fingerprint density at radius 2 is 1.83 bits per heavy atom. The Morgan fingerprint density at radius 3 is 2.67 bits per heavy atom. The van der Waals surface area contributed by atoms with Crippen LogP contribution in [0.2, 0.25) is 0 Å². The first kappa shape index (κ1) is 8.10. The molecule has 68 valence electrons. The Bertz CT molecular complexity index is 217. The van der Waals surface area contributed by atoms with Crippen LogP contribution in [-0.4, -0.2) is 0 Å². The van der Waals surface area contributed by atoms with Gasteiger partial charge in [0, 0.05) is 1.43 Å². The van der Waals surface area contributed by atoms with Gasteiger partial charge < -0.3 is 0 Å². The summed E-state index contributed by atoms with van der Waals surface area (Å²) in [4.78, 5) is 0. The highest BCUT2D eigenvalue weighted by atomic mass is 14.4. The van der Waals surface area contributed by atoms with E-state index in [4.69, 9.17) is 0 Å². The molecule has 2 saturated carbocycles. The summed E-state index contributed by atoms with van der Waals surface area (Å²) in [6.07, 6.45) is 8.32. The first-order valence-electron chi connectivity index (χ1n) is 5.16. The molecule has 0 saturated heterocycles. The molecule has 0 N–H and O–H groups in total. The minimum Gasteiger partial charge on any atom is -0.0956 e. The number of hydrogen-bond donors (Lipinski definition) is 0. The zero-order chi connectivity index (χ0) is 8.55. The molecule has 2 aliphatic rings. The van der Waals surface area contributed by atoms with Crippen LogP contribution in [0.15, 0.2) is 24.3 Å². The molecule has 0 unspecified atom stereocenters. The van der Waals surface area contributed by atoms with Crippen molar-refractivity contribution in [2.24, 2.45) is 11.8 Å². The topological polar surface area (TPSA) is 0 Å². The quantitative estimate of drug-likeness (QED) is 0.508. The van der Waals surface area contributed by atoms with Crippen LogP contribution in [0, 0.1) is 11.8 Å². The Balaban J connectivity index is 0.000000845. The van der Waals surface area contributed by atoms with Gasteiger partial charge in [-0.15, -0.1) is 0 Å². The molecular formula is C12H20. The first-order chi connectivity index (χ1) is 5.79. The largest absolute Gasteiger partial charge is 0.0956 e. The summed E-state index contributed by atoms with van der Waals surface area (Å²) in [7, 11) is 0. The van der Waals surface area contributed by atoms with Gasteiger partial charge in [-0.2, -0.15) is 0 Å². The Hall–Kier alpha value is -0.520. The molecule has 0 bridgehead atoms. The Labute approximate surface area is 76.8 Å². The summed E-state index contributed by atoms with van der Waals surface area (Å²) in [5, 5.41) is 0. The molecular weight excluding hydrogens is 144 g/mol. The van der Waals surface area contributed by atoms with Crippen LogP contribution < -0.4 is 0 Å². The second-order valence-corrected chi connectivity index (χ2v) is 4.34. The molecule has 0 amide bonds. The van der Waals surface area contributed by atoms with E-state index in [1.54, 1.807) is 0 Å². The van der Waals surface area contributed by atoms with Crippen LogP contribution in [0.1, 0.15) is 40.0 Å². The second kappa shape index (κ2) is 3.08. The molecule has 0 aromatic carbocycles. The number of allylic oxidation sites excluding steroid dienone is 2. The summed E-state index contributed by atoms with van der Waals surface area (Å²) in [6.45, 7) is 8.25. The fourth-order valence-electron chi connectivity index (χ4n) is 2.80. The molecule has 2 rings (SSSR count). The molecule has 0 aliphatic heterocycles. The SMILES string of the molecule is C=C1C[C@@H]2CCCCC[C@@H]2C1=C.[HH]. The van der Waals surface area contributed by atoms with Crippen LogP contribution in [0.5, 0.6) is 0 Å². The van der Waals surface area contributed by atoms with Gasteiger partial charge in [-0.25, -0.2) is 0 Å². The average Bonchev–Trinajstić information content (AvgIpc) is 2.30. The van der Waals surface area contributed by atoms with E-state index in [1.165, 1.54) is 49.7 Å². The lowest BCUT2D eigenvalue weighted by atomic mass is 9.90. The number of hydrogen-bond acceptors (Lipinski definition) is 0. The second-order valence-electron chi connectivity index (χ2n) is 4.34. The van der Waals surface area contributed by atoms with Gasteiger partial charge in [0.05, 0.1) is 0 Å². The van der Waals surface area contributed by atoms with E-state index in [1.807, 2.05) is 0 Å². The van der Waals surface area contributed by atoms with Crippen molar-refractivity contribution < 1.29 is 1.43 Å². The van der Waals surface area contributed by atoms with Crippen LogP contribution in [-0.2, 0) is 0 Å². The van der Waals surface area contributed by atoms with Crippen LogP contribution in [0.25, 0.3) is 0 Å². The van der Waals surface area contributed by atoms with E-state index in [2.05, 4.69) is 13.2 Å². The van der Waals surface area contributed by atoms with Crippen molar-refractivity contribution in [1.29, 1.82) is 0 Å². The third-order valence-electron chi connectivity index (χ3n) is 3.57. The normalized spacial score (nSPS) is 36.3. The Kier molecular flexibility index (Phi) is 2.08. The van der Waals surface area contributed by atoms with Gasteiger partial charge in [0.15, 0.2) is 0 Å². The maximum atomic E-state index is 4.16. The molecule has 2 fully saturated rings. The Morgan fingerprint density at radius 1 is 1.08 bits per heavy atom. The summed E-state index contributed by atoms with van der Waals surface area (Å²) in [6, 6.07) is 0. The number of rotatable bonds is 0. The van der Waals surface area contributed by atoms with Gasteiger partial charge in [0.2, 0.25) is 0 Å². The van der Waals surface area contributed by atoms with Crippen molar-refractivity contribution in [2.75, 3.05) is 0 Å². The molecule has 0 heterocycles. The lowest BCUT2D eigenvalue weighted by Gasteiger charge is -2.15. The molecule has 12 heavy (non-hydrogen) atoms. The third-order valence-corrected chi connectivity index (χ3v) is 3.57. The smallest absolute Gasteiger partial charge is 0 e. The van der Waals surface area contributed by atoms with Crippen molar-refractivity contribution >= 4 is 0 Å². The predicted molar refractivity (Wildman–Crippen MR) is 55.1 cm³/mol. The monoisotopic (exact) mass is 164 g/mol. The van der Waals surface area contributed by atoms with Crippen LogP contribution in [0.3, 0.4) is 0 Å². The lowest BCUT2D eigenvalue weighted by Crippen LogP contribution is -2.05. The van der Waals surface area contributed by atoms with Crippen molar-refractivity contribution in [3.8, 4) is 0 Å². The van der Waals surface area contributed by atoms with E-state index < -0.39 is 0 Å². The van der Waals surface area contributed by atoms with E-state index in [-0.39, 0.29) is 1.43 Å². The van der Waals surface area contributed by atoms with Crippen molar-refractivity contribution in [3.05, 3.63) is 24.3 Å². The maximum absolute atomic E-state index is 4.16. The molecule has 2 atom stereocenters. The van der Waals surface area contributed by atoms with Crippen LogP contribution in [0.4, 0.5) is 0 Å². The van der Waals surface area contributed by atoms with Gasteiger partial charge in [0.1, 0.15) is 0 Å². The highest BCUT2D eigenvalue weighted by Gasteiger charge is 2.32. The van der Waals surface area contributed by atoms with E-state index in [0.29, 0.717) is 0 Å². The van der Waals surface area contributed by atoms with Gasteiger partial charge in [-0.1, -0.05) is 38.0 Å². The van der Waals surface area contributed by atoms with E-state index in [0.717, 1.165) is 11.8 Å². The van der Waals surface area contributed by atoms with Crippen molar-refractivity contribution in [3.63, 3.8) is 0 Å². The maximum Gasteiger partial charge on any atom is 0 e. The fourth-order valence-corrected chi connectivity index (χ4v) is 2.80. The van der Waals surface area contributed by atoms with Gasteiger partial charge in [-0.05, 0) is 36.7 Å². The molecule has 0 aromatic heterocycles. The zero-order valence-electron chi connectivity index (χ0n) is 7.81. The summed E-state index contributed by atoms with van der Waals surface area (Å²) < 4.78 is 0. The average molecular weight is 164 g/mol. The molecule has 0 spiro atoms. The first-order valence-corrected chi connectivity index (χ1v) is 5.16. The molecule has 0 heteroatoms. The summed E-state index contributed by atoms with van der Waals surface area (Å²) >= 11 is 0. The van der Waals surface area contributed by atoms with Crippen molar-refractivity contribution in [1.82, 2.24) is 0 Å². The fraction of sp³-hybridized carbons (Fsp3) is 0.667. The summed E-state index contributed by atoms with van der Waals surface area (Å²) in [5.41, 5.74) is 2.72. The molecule has 2 aliphatic carbocycles. The molecule has 0 nitrogen and oxygen atoms in total. The van der Waals surface area contributed by atoms with Gasteiger partial charge >= 0.3 is 0 Å². The molecule has 0 radical (unpaired) electrons. The predicted octanol–water partition coefficient (Wildman–Crippen LogP) is 3.95. The minimum atomic E-state index is 0. The highest BCUT2D eigenvalue weighted by molar-refractivity contribution is 5.34. The standard InChI is InChI=1S/C12H18.H2/c1-9-8-11-6-4-3-5-7-12(11)10(9)2;/h11-12H,1-8H2;1H/t11-,12+;/m0./s1.